The number of hydrogen-bond acceptors (Lipinski definition) is 6. The quantitative estimate of drug-likeness (QED) is 0.650. The van der Waals surface area contributed by atoms with Gasteiger partial charge in [-0.1, -0.05) is 6.08 Å². The number of likely N-dealkylation sites (tertiary alicyclic amines) is 1. The van der Waals surface area contributed by atoms with E-state index in [2.05, 4.69) is 4.72 Å². The number of carbonyl (C=O) groups is 1. The lowest BCUT2D eigenvalue weighted by molar-refractivity contribution is 0.0281. The molecule has 2 unspecified atom stereocenters. The van der Waals surface area contributed by atoms with Gasteiger partial charge in [-0.15, -0.1) is 0 Å². The van der Waals surface area contributed by atoms with Crippen LogP contribution in [0.25, 0.3) is 0 Å². The SMILES string of the molecule is CC(C)(C)OC(=O)N1CC(CO)C(N)(C2=CCNS2)C1. The fourth-order valence-corrected chi connectivity index (χ4v) is 3.39. The van der Waals surface area contributed by atoms with Gasteiger partial charge in [0, 0.05) is 37.1 Å². The first kappa shape index (κ1) is 15.6. The number of hydrogen-bond donors (Lipinski definition) is 3. The lowest BCUT2D eigenvalue weighted by atomic mass is 9.88. The summed E-state index contributed by atoms with van der Waals surface area (Å²) in [7, 11) is 0. The van der Waals surface area contributed by atoms with Gasteiger partial charge in [-0.25, -0.2) is 4.79 Å². The summed E-state index contributed by atoms with van der Waals surface area (Å²) in [6, 6.07) is 0. The zero-order chi connectivity index (χ0) is 15.0. The molecule has 114 valence electrons. The van der Waals surface area contributed by atoms with Crippen molar-refractivity contribution in [2.24, 2.45) is 11.7 Å². The van der Waals surface area contributed by atoms with Crippen LogP contribution in [0.15, 0.2) is 11.0 Å². The maximum Gasteiger partial charge on any atom is 0.410 e. The summed E-state index contributed by atoms with van der Waals surface area (Å²) in [5.41, 5.74) is 5.24. The smallest absolute Gasteiger partial charge is 0.410 e. The van der Waals surface area contributed by atoms with Gasteiger partial charge < -0.3 is 20.5 Å². The molecule has 0 radical (unpaired) electrons. The van der Waals surface area contributed by atoms with Gasteiger partial charge in [0.1, 0.15) is 5.60 Å². The molecule has 1 amide bonds. The fraction of sp³-hybridized carbons (Fsp3) is 0.769. The van der Waals surface area contributed by atoms with E-state index in [-0.39, 0.29) is 18.6 Å². The second-order valence-electron chi connectivity index (χ2n) is 6.30. The van der Waals surface area contributed by atoms with Crippen molar-refractivity contribution in [1.29, 1.82) is 0 Å². The third kappa shape index (κ3) is 3.11. The Labute approximate surface area is 123 Å². The predicted molar refractivity (Wildman–Crippen MR) is 79.0 cm³/mol. The van der Waals surface area contributed by atoms with Gasteiger partial charge in [-0.2, -0.15) is 0 Å². The highest BCUT2D eigenvalue weighted by atomic mass is 32.2. The molecule has 0 aromatic carbocycles. The van der Waals surface area contributed by atoms with E-state index in [9.17, 15) is 9.90 Å². The third-order valence-electron chi connectivity index (χ3n) is 3.51. The van der Waals surface area contributed by atoms with Crippen LogP contribution in [0.1, 0.15) is 20.8 Å². The number of nitrogens with two attached hydrogens (primary N) is 1. The van der Waals surface area contributed by atoms with E-state index >= 15 is 0 Å². The van der Waals surface area contributed by atoms with Crippen LogP contribution in [0.4, 0.5) is 4.79 Å². The van der Waals surface area contributed by atoms with Gasteiger partial charge in [-0.3, -0.25) is 4.72 Å². The molecule has 0 bridgehead atoms. The van der Waals surface area contributed by atoms with Crippen LogP contribution in [0.3, 0.4) is 0 Å². The van der Waals surface area contributed by atoms with E-state index in [1.165, 1.54) is 11.9 Å². The average Bonchev–Trinajstić information content (AvgIpc) is 2.94. The van der Waals surface area contributed by atoms with E-state index in [0.29, 0.717) is 13.1 Å². The van der Waals surface area contributed by atoms with Crippen molar-refractivity contribution >= 4 is 18.0 Å². The van der Waals surface area contributed by atoms with Crippen molar-refractivity contribution in [3.8, 4) is 0 Å². The molecule has 1 fully saturated rings. The third-order valence-corrected chi connectivity index (χ3v) is 4.58. The minimum Gasteiger partial charge on any atom is -0.444 e. The Morgan fingerprint density at radius 2 is 2.40 bits per heavy atom. The molecule has 0 aromatic heterocycles. The molecule has 1 saturated heterocycles. The second-order valence-corrected chi connectivity index (χ2v) is 7.23. The lowest BCUT2D eigenvalue weighted by Crippen LogP contribution is -2.50. The van der Waals surface area contributed by atoms with Crippen LogP contribution in [0.5, 0.6) is 0 Å². The molecule has 0 aromatic rings. The Balaban J connectivity index is 2.11. The van der Waals surface area contributed by atoms with Crippen molar-refractivity contribution < 1.29 is 14.6 Å². The number of aliphatic hydroxyl groups is 1. The Kier molecular flexibility index (Phi) is 4.34. The van der Waals surface area contributed by atoms with E-state index in [4.69, 9.17) is 10.5 Å². The summed E-state index contributed by atoms with van der Waals surface area (Å²) < 4.78 is 8.51. The Hall–Kier alpha value is -0.760. The van der Waals surface area contributed by atoms with Crippen LogP contribution >= 0.6 is 11.9 Å². The topological polar surface area (TPSA) is 87.8 Å². The minimum atomic E-state index is -0.695. The van der Waals surface area contributed by atoms with Crippen LogP contribution in [0.2, 0.25) is 0 Å². The molecule has 2 aliphatic rings. The predicted octanol–water partition coefficient (Wildman–Crippen LogP) is 0.678. The molecule has 2 rings (SSSR count). The molecule has 0 aliphatic carbocycles. The second kappa shape index (κ2) is 5.55. The number of ether oxygens (including phenoxy) is 1. The molecule has 4 N–H and O–H groups in total. The zero-order valence-corrected chi connectivity index (χ0v) is 13.0. The van der Waals surface area contributed by atoms with Gasteiger partial charge in [0.25, 0.3) is 0 Å². The van der Waals surface area contributed by atoms with Gasteiger partial charge in [-0.05, 0) is 32.7 Å². The minimum absolute atomic E-state index is 0.0479. The molecule has 6 nitrogen and oxygen atoms in total. The van der Waals surface area contributed by atoms with Gasteiger partial charge >= 0.3 is 6.09 Å². The van der Waals surface area contributed by atoms with E-state index in [1.807, 2.05) is 26.8 Å². The van der Waals surface area contributed by atoms with Crippen molar-refractivity contribution in [2.75, 3.05) is 26.2 Å². The molecular weight excluding hydrogens is 278 g/mol. The average molecular weight is 301 g/mol. The van der Waals surface area contributed by atoms with Gasteiger partial charge in [0.05, 0.1) is 5.54 Å². The maximum absolute atomic E-state index is 12.1. The van der Waals surface area contributed by atoms with Gasteiger partial charge in [0.15, 0.2) is 0 Å². The highest BCUT2D eigenvalue weighted by Gasteiger charge is 2.49. The number of rotatable bonds is 2. The Morgan fingerprint density at radius 3 is 2.90 bits per heavy atom. The highest BCUT2D eigenvalue weighted by molar-refractivity contribution is 8.01. The number of amides is 1. The van der Waals surface area contributed by atoms with Crippen molar-refractivity contribution in [2.45, 2.75) is 31.9 Å². The zero-order valence-electron chi connectivity index (χ0n) is 12.2. The lowest BCUT2D eigenvalue weighted by Gasteiger charge is -2.30. The van der Waals surface area contributed by atoms with Crippen LogP contribution in [-0.2, 0) is 4.74 Å². The molecule has 2 aliphatic heterocycles. The first-order chi connectivity index (χ1) is 9.26. The number of nitrogens with zero attached hydrogens (tertiary/aromatic N) is 1. The molecule has 7 heteroatoms. The first-order valence-electron chi connectivity index (χ1n) is 6.74. The van der Waals surface area contributed by atoms with Crippen LogP contribution in [0, 0.1) is 5.92 Å². The van der Waals surface area contributed by atoms with E-state index < -0.39 is 11.1 Å². The summed E-state index contributed by atoms with van der Waals surface area (Å²) in [6.07, 6.45) is 1.64. The van der Waals surface area contributed by atoms with Crippen LogP contribution < -0.4 is 10.5 Å². The number of aliphatic hydroxyl groups excluding tert-OH is 1. The molecule has 20 heavy (non-hydrogen) atoms. The Bertz CT molecular complexity index is 422. The fourth-order valence-electron chi connectivity index (χ4n) is 2.48. The molecule has 0 saturated carbocycles. The number of carbonyl (C=O) groups excluding carboxylic acids is 1. The summed E-state index contributed by atoms with van der Waals surface area (Å²) in [4.78, 5) is 14.7. The summed E-state index contributed by atoms with van der Waals surface area (Å²) in [5, 5.41) is 9.58. The Morgan fingerprint density at radius 1 is 1.70 bits per heavy atom. The highest BCUT2D eigenvalue weighted by Crippen LogP contribution is 2.38. The molecule has 2 atom stereocenters. The molecular formula is C13H23N3O3S. The van der Waals surface area contributed by atoms with Crippen molar-refractivity contribution in [3.05, 3.63) is 11.0 Å². The first-order valence-corrected chi connectivity index (χ1v) is 7.56. The number of nitrogens with one attached hydrogen (secondary N) is 1. The van der Waals surface area contributed by atoms with Crippen molar-refractivity contribution in [3.63, 3.8) is 0 Å². The van der Waals surface area contributed by atoms with E-state index in [1.54, 1.807) is 4.90 Å². The van der Waals surface area contributed by atoms with E-state index in [0.717, 1.165) is 11.4 Å². The normalized spacial score (nSPS) is 30.6. The molecule has 2 heterocycles. The summed E-state index contributed by atoms with van der Waals surface area (Å²) >= 11 is 1.48. The summed E-state index contributed by atoms with van der Waals surface area (Å²) in [5.74, 6) is -0.173. The standard InChI is InChI=1S/C13H23N3O3S/c1-12(2,3)19-11(18)16-6-9(7-17)13(14,8-16)10-4-5-15-20-10/h4,9,15,17H,5-8,14H2,1-3H3. The van der Waals surface area contributed by atoms with Crippen molar-refractivity contribution in [1.82, 2.24) is 9.62 Å². The molecule has 0 spiro atoms. The van der Waals surface area contributed by atoms with Gasteiger partial charge in [0.2, 0.25) is 0 Å². The van der Waals surface area contributed by atoms with Crippen LogP contribution in [-0.4, -0.2) is 53.5 Å². The monoisotopic (exact) mass is 301 g/mol. The summed E-state index contributed by atoms with van der Waals surface area (Å²) in [6.45, 7) is 6.99. The maximum atomic E-state index is 12.1. The largest absolute Gasteiger partial charge is 0.444 e.